The number of amides is 1. The van der Waals surface area contributed by atoms with Gasteiger partial charge < -0.3 is 14.9 Å². The second kappa shape index (κ2) is 6.80. The Hall–Kier alpha value is -1.69. The van der Waals surface area contributed by atoms with Crippen LogP contribution in [0.5, 0.6) is 0 Å². The van der Waals surface area contributed by atoms with Crippen molar-refractivity contribution in [2.24, 2.45) is 11.8 Å². The number of aliphatic hydroxyl groups is 1. The lowest BCUT2D eigenvalue weighted by atomic mass is 9.77. The van der Waals surface area contributed by atoms with Crippen molar-refractivity contribution in [2.75, 3.05) is 27.2 Å². The average Bonchev–Trinajstić information content (AvgIpc) is 3.03. The number of fused-ring (bicyclic) bond motifs is 2. The summed E-state index contributed by atoms with van der Waals surface area (Å²) in [6.07, 6.45) is 3.07. The number of halogens is 1. The van der Waals surface area contributed by atoms with Gasteiger partial charge >= 0.3 is 0 Å². The number of nitrogens with zero attached hydrogens (tertiary/aromatic N) is 3. The largest absolute Gasteiger partial charge is 0.391 e. The molecule has 0 unspecified atom stereocenters. The van der Waals surface area contributed by atoms with Crippen molar-refractivity contribution < 1.29 is 9.90 Å². The lowest BCUT2D eigenvalue weighted by Crippen LogP contribution is -2.46. The van der Waals surface area contributed by atoms with E-state index in [1.54, 1.807) is 12.3 Å². The van der Waals surface area contributed by atoms with Crippen molar-refractivity contribution in [1.82, 2.24) is 14.8 Å². The fourth-order valence-corrected chi connectivity index (χ4v) is 4.88. The van der Waals surface area contributed by atoms with Gasteiger partial charge in [0.05, 0.1) is 22.2 Å². The molecule has 0 bridgehead atoms. The fraction of sp³-hybridized carbons (Fsp3) is 0.500. The predicted octanol–water partition coefficient (Wildman–Crippen LogP) is 2.66. The number of pyridine rings is 1. The number of hydrogen-bond acceptors (Lipinski definition) is 4. The van der Waals surface area contributed by atoms with E-state index in [4.69, 9.17) is 11.6 Å². The van der Waals surface area contributed by atoms with Gasteiger partial charge in [-0.05, 0) is 57.0 Å². The highest BCUT2D eigenvalue weighted by Crippen LogP contribution is 2.39. The van der Waals surface area contributed by atoms with Gasteiger partial charge in [0.1, 0.15) is 0 Å². The van der Waals surface area contributed by atoms with E-state index in [2.05, 4.69) is 9.88 Å². The van der Waals surface area contributed by atoms with E-state index < -0.39 is 0 Å². The molecule has 1 aliphatic heterocycles. The molecular formula is C20H24ClN3O2. The Bertz CT molecular complexity index is 841. The van der Waals surface area contributed by atoms with Crippen molar-refractivity contribution in [3.8, 4) is 0 Å². The van der Waals surface area contributed by atoms with E-state index in [1.807, 2.05) is 37.2 Å². The number of aromatic nitrogens is 1. The van der Waals surface area contributed by atoms with Crippen molar-refractivity contribution in [3.05, 3.63) is 41.0 Å². The predicted molar refractivity (Wildman–Crippen MR) is 102 cm³/mol. The van der Waals surface area contributed by atoms with Crippen LogP contribution in [0.3, 0.4) is 0 Å². The lowest BCUT2D eigenvalue weighted by molar-refractivity contribution is 0.00940. The van der Waals surface area contributed by atoms with Gasteiger partial charge in [-0.3, -0.25) is 9.78 Å². The zero-order valence-electron chi connectivity index (χ0n) is 15.1. The zero-order valence-corrected chi connectivity index (χ0v) is 15.9. The van der Waals surface area contributed by atoms with Gasteiger partial charge in [0.15, 0.2) is 0 Å². The minimum atomic E-state index is -0.327. The summed E-state index contributed by atoms with van der Waals surface area (Å²) in [5, 5.41) is 11.7. The molecule has 1 saturated heterocycles. The number of aliphatic hydroxyl groups excluding tert-OH is 1. The van der Waals surface area contributed by atoms with E-state index in [9.17, 15) is 9.90 Å². The molecule has 2 aliphatic rings. The van der Waals surface area contributed by atoms with E-state index in [0.717, 1.165) is 30.3 Å². The van der Waals surface area contributed by atoms with Crippen molar-refractivity contribution in [2.45, 2.75) is 25.0 Å². The van der Waals surface area contributed by atoms with E-state index in [-0.39, 0.29) is 18.1 Å². The molecule has 1 aliphatic carbocycles. The summed E-state index contributed by atoms with van der Waals surface area (Å²) in [7, 11) is 4.02. The highest BCUT2D eigenvalue weighted by molar-refractivity contribution is 6.35. The number of carbonyl (C=O) groups is 1. The molecule has 138 valence electrons. The Balaban J connectivity index is 1.61. The number of likely N-dealkylation sites (tertiary alicyclic amines) is 1. The topological polar surface area (TPSA) is 56.7 Å². The molecule has 0 radical (unpaired) electrons. The fourth-order valence-electron chi connectivity index (χ4n) is 4.63. The highest BCUT2D eigenvalue weighted by atomic mass is 35.5. The maximum atomic E-state index is 13.3. The third-order valence-electron chi connectivity index (χ3n) is 6.01. The first-order chi connectivity index (χ1) is 12.5. The van der Waals surface area contributed by atoms with E-state index in [1.165, 1.54) is 0 Å². The van der Waals surface area contributed by atoms with Gasteiger partial charge in [0.2, 0.25) is 0 Å². The molecule has 26 heavy (non-hydrogen) atoms. The summed E-state index contributed by atoms with van der Waals surface area (Å²) < 4.78 is 0. The number of benzene rings is 1. The molecule has 1 aromatic heterocycles. The molecule has 4 atom stereocenters. The Morgan fingerprint density at radius 3 is 2.69 bits per heavy atom. The average molecular weight is 374 g/mol. The van der Waals surface area contributed by atoms with Crippen LogP contribution in [0.1, 0.15) is 23.2 Å². The molecule has 6 heteroatoms. The van der Waals surface area contributed by atoms with Gasteiger partial charge in [0.25, 0.3) is 5.91 Å². The number of carbonyl (C=O) groups excluding carboxylic acids is 1. The SMILES string of the molecule is CN(C)[C@@H]1C[C@@H]2CN(C(=O)c3c(Cl)ccc4ncccc34)C[C@@H]2C[C@H]1O. The van der Waals surface area contributed by atoms with Crippen LogP contribution in [0.15, 0.2) is 30.5 Å². The van der Waals surface area contributed by atoms with E-state index in [0.29, 0.717) is 29.0 Å². The smallest absolute Gasteiger partial charge is 0.256 e. The molecule has 1 aromatic carbocycles. The Morgan fingerprint density at radius 2 is 1.96 bits per heavy atom. The summed E-state index contributed by atoms with van der Waals surface area (Å²) in [6.45, 7) is 1.42. The van der Waals surface area contributed by atoms with Gasteiger partial charge in [-0.15, -0.1) is 0 Å². The summed E-state index contributed by atoms with van der Waals surface area (Å²) in [6, 6.07) is 7.49. The van der Waals surface area contributed by atoms with Crippen LogP contribution in [0.2, 0.25) is 5.02 Å². The number of likely N-dealkylation sites (N-methyl/N-ethyl adjacent to an activating group) is 1. The van der Waals surface area contributed by atoms with Gasteiger partial charge in [-0.2, -0.15) is 0 Å². The number of hydrogen-bond donors (Lipinski definition) is 1. The minimum absolute atomic E-state index is 0.0288. The lowest BCUT2D eigenvalue weighted by Gasteiger charge is -2.38. The first-order valence-corrected chi connectivity index (χ1v) is 9.50. The van der Waals surface area contributed by atoms with Crippen LogP contribution in [0.4, 0.5) is 0 Å². The molecule has 1 N–H and O–H groups in total. The summed E-state index contributed by atoms with van der Waals surface area (Å²) in [5.74, 6) is 0.762. The van der Waals surface area contributed by atoms with E-state index >= 15 is 0 Å². The molecule has 2 fully saturated rings. The molecule has 2 aromatic rings. The van der Waals surface area contributed by atoms with Crippen molar-refractivity contribution in [1.29, 1.82) is 0 Å². The molecule has 2 heterocycles. The Kier molecular flexibility index (Phi) is 4.63. The first-order valence-electron chi connectivity index (χ1n) is 9.12. The Morgan fingerprint density at radius 1 is 1.23 bits per heavy atom. The summed E-state index contributed by atoms with van der Waals surface area (Å²) in [4.78, 5) is 21.6. The first kappa shape index (κ1) is 17.7. The summed E-state index contributed by atoms with van der Waals surface area (Å²) >= 11 is 6.40. The number of rotatable bonds is 2. The van der Waals surface area contributed by atoms with Crippen molar-refractivity contribution >= 4 is 28.4 Å². The second-order valence-corrected chi connectivity index (χ2v) is 8.20. The van der Waals surface area contributed by atoms with Crippen LogP contribution >= 0.6 is 11.6 Å². The van der Waals surface area contributed by atoms with Crippen LogP contribution in [0, 0.1) is 11.8 Å². The maximum Gasteiger partial charge on any atom is 0.256 e. The third kappa shape index (κ3) is 2.98. The molecule has 5 nitrogen and oxygen atoms in total. The normalized spacial score (nSPS) is 28.6. The summed E-state index contributed by atoms with van der Waals surface area (Å²) in [5.41, 5.74) is 1.32. The quantitative estimate of drug-likeness (QED) is 0.879. The van der Waals surface area contributed by atoms with Gasteiger partial charge in [0, 0.05) is 30.7 Å². The maximum absolute atomic E-state index is 13.3. The molecule has 0 spiro atoms. The third-order valence-corrected chi connectivity index (χ3v) is 6.32. The van der Waals surface area contributed by atoms with Gasteiger partial charge in [-0.25, -0.2) is 0 Å². The zero-order chi connectivity index (χ0) is 18.4. The van der Waals surface area contributed by atoms with Crippen LogP contribution in [-0.2, 0) is 0 Å². The molecular weight excluding hydrogens is 350 g/mol. The van der Waals surface area contributed by atoms with Crippen LogP contribution in [0.25, 0.3) is 10.9 Å². The minimum Gasteiger partial charge on any atom is -0.391 e. The Labute approximate surface area is 158 Å². The van der Waals surface area contributed by atoms with Crippen LogP contribution in [-0.4, -0.2) is 65.1 Å². The second-order valence-electron chi connectivity index (χ2n) is 7.79. The molecule has 1 amide bonds. The standard InChI is InChI=1S/C20H24ClN3O2/c1-23(2)17-8-12-10-24(11-13(12)9-18(17)25)20(26)19-14-4-3-7-22-16(14)6-5-15(19)21/h3-7,12-13,17-18,25H,8-11H2,1-2H3/t12-,13+,17-,18-/m1/s1. The molecule has 4 rings (SSSR count). The monoisotopic (exact) mass is 373 g/mol. The molecule has 1 saturated carbocycles. The van der Waals surface area contributed by atoms with Gasteiger partial charge in [-0.1, -0.05) is 17.7 Å². The highest BCUT2D eigenvalue weighted by Gasteiger charge is 2.44. The van der Waals surface area contributed by atoms with Crippen molar-refractivity contribution in [3.63, 3.8) is 0 Å². The van der Waals surface area contributed by atoms with Crippen LogP contribution < -0.4 is 0 Å².